The third-order valence-corrected chi connectivity index (χ3v) is 5.95. The first kappa shape index (κ1) is 16.0. The molecule has 0 fully saturated rings. The van der Waals surface area contributed by atoms with Crippen molar-refractivity contribution in [2.45, 2.75) is 13.3 Å². The Morgan fingerprint density at radius 2 is 2.09 bits per heavy atom. The van der Waals surface area contributed by atoms with Gasteiger partial charge in [-0.15, -0.1) is 22.7 Å². The maximum Gasteiger partial charge on any atom is 0.358 e. The van der Waals surface area contributed by atoms with E-state index in [-0.39, 0.29) is 18.1 Å². The Balaban J connectivity index is 1.60. The Labute approximate surface area is 145 Å². The van der Waals surface area contributed by atoms with Crippen LogP contribution in [0.25, 0.3) is 10.6 Å². The van der Waals surface area contributed by atoms with Crippen molar-refractivity contribution in [3.8, 4) is 10.6 Å². The molecule has 0 saturated carbocycles. The van der Waals surface area contributed by atoms with Gasteiger partial charge in [0.05, 0.1) is 4.88 Å². The van der Waals surface area contributed by atoms with Gasteiger partial charge in [0.1, 0.15) is 5.01 Å². The fourth-order valence-electron chi connectivity index (χ4n) is 1.88. The van der Waals surface area contributed by atoms with Crippen LogP contribution < -0.4 is 0 Å². The Morgan fingerprint density at radius 3 is 2.78 bits per heavy atom. The van der Waals surface area contributed by atoms with Crippen molar-refractivity contribution in [1.29, 1.82) is 0 Å². The molecule has 0 N–H and O–H groups in total. The minimum atomic E-state index is -0.566. The molecule has 0 aliphatic carbocycles. The molecule has 3 aromatic rings. The predicted molar refractivity (Wildman–Crippen MR) is 93.7 cm³/mol. The topological polar surface area (TPSA) is 56.3 Å². The highest BCUT2D eigenvalue weighted by Crippen LogP contribution is 2.26. The van der Waals surface area contributed by atoms with Crippen molar-refractivity contribution in [2.75, 3.05) is 6.61 Å². The lowest BCUT2D eigenvalue weighted by molar-refractivity contribution is 0.0471. The monoisotopic (exact) mass is 363 g/mol. The number of rotatable bonds is 6. The molecule has 0 aliphatic rings. The minimum absolute atomic E-state index is 0.184. The van der Waals surface area contributed by atoms with E-state index in [1.807, 2.05) is 29.8 Å². The first-order valence-electron chi connectivity index (χ1n) is 6.94. The van der Waals surface area contributed by atoms with E-state index < -0.39 is 5.97 Å². The van der Waals surface area contributed by atoms with Gasteiger partial charge >= 0.3 is 5.97 Å². The lowest BCUT2D eigenvalue weighted by Gasteiger charge is -2.00. The fourth-order valence-corrected chi connectivity index (χ4v) is 4.25. The summed E-state index contributed by atoms with van der Waals surface area (Å²) in [5, 5.41) is 6.36. The van der Waals surface area contributed by atoms with Crippen LogP contribution in [0.5, 0.6) is 0 Å². The van der Waals surface area contributed by atoms with Gasteiger partial charge in [-0.1, -0.05) is 6.92 Å². The molecule has 0 unspecified atom stereocenters. The molecule has 3 rings (SSSR count). The number of hydrogen-bond acceptors (Lipinski definition) is 7. The van der Waals surface area contributed by atoms with Gasteiger partial charge < -0.3 is 4.74 Å². The van der Waals surface area contributed by atoms with Crippen molar-refractivity contribution >= 4 is 45.8 Å². The average molecular weight is 363 g/mol. The summed E-state index contributed by atoms with van der Waals surface area (Å²) in [6, 6.07) is 5.65. The zero-order valence-electron chi connectivity index (χ0n) is 12.3. The second-order valence-electron chi connectivity index (χ2n) is 4.67. The second kappa shape index (κ2) is 7.16. The highest BCUT2D eigenvalue weighted by molar-refractivity contribution is 7.14. The molecule has 3 aromatic heterocycles. The van der Waals surface area contributed by atoms with Gasteiger partial charge in [-0.2, -0.15) is 11.3 Å². The van der Waals surface area contributed by atoms with E-state index in [9.17, 15) is 9.59 Å². The van der Waals surface area contributed by atoms with Gasteiger partial charge in [0, 0.05) is 21.2 Å². The zero-order chi connectivity index (χ0) is 16.2. The SMILES string of the molecule is CCc1ccc(C(=O)COC(=O)c2csc(-c3ccsc3)n2)s1. The average Bonchev–Trinajstić information content (AvgIpc) is 3.32. The Kier molecular flexibility index (Phi) is 5.00. The molecule has 0 radical (unpaired) electrons. The fraction of sp³-hybridized carbons (Fsp3) is 0.188. The van der Waals surface area contributed by atoms with E-state index >= 15 is 0 Å². The number of hydrogen-bond donors (Lipinski definition) is 0. The van der Waals surface area contributed by atoms with E-state index in [1.165, 1.54) is 22.7 Å². The summed E-state index contributed by atoms with van der Waals surface area (Å²) in [6.07, 6.45) is 0.891. The Morgan fingerprint density at radius 1 is 1.22 bits per heavy atom. The summed E-state index contributed by atoms with van der Waals surface area (Å²) < 4.78 is 5.08. The summed E-state index contributed by atoms with van der Waals surface area (Å²) in [4.78, 5) is 30.0. The smallest absolute Gasteiger partial charge is 0.358 e. The molecule has 0 saturated heterocycles. The first-order chi connectivity index (χ1) is 11.2. The molecule has 23 heavy (non-hydrogen) atoms. The molecule has 118 valence electrons. The van der Waals surface area contributed by atoms with Gasteiger partial charge in [-0.25, -0.2) is 9.78 Å². The van der Waals surface area contributed by atoms with Crippen LogP contribution in [0.2, 0.25) is 0 Å². The number of thiazole rings is 1. The number of ketones is 1. The van der Waals surface area contributed by atoms with E-state index in [4.69, 9.17) is 4.74 Å². The Bertz CT molecular complexity index is 817. The van der Waals surface area contributed by atoms with Crippen LogP contribution in [0.4, 0.5) is 0 Å². The van der Waals surface area contributed by atoms with Crippen molar-refractivity contribution in [3.63, 3.8) is 0 Å². The van der Waals surface area contributed by atoms with Crippen LogP contribution in [0, 0.1) is 0 Å². The minimum Gasteiger partial charge on any atom is -0.453 e. The molecule has 0 bridgehead atoms. The normalized spacial score (nSPS) is 10.7. The number of ether oxygens (including phenoxy) is 1. The van der Waals surface area contributed by atoms with Gasteiger partial charge in [0.15, 0.2) is 12.3 Å². The van der Waals surface area contributed by atoms with Crippen LogP contribution in [0.1, 0.15) is 32.0 Å². The number of esters is 1. The van der Waals surface area contributed by atoms with Gasteiger partial charge in [-0.3, -0.25) is 4.79 Å². The van der Waals surface area contributed by atoms with Crippen LogP contribution in [-0.4, -0.2) is 23.3 Å². The third kappa shape index (κ3) is 3.74. The summed E-state index contributed by atoms with van der Waals surface area (Å²) in [5.74, 6) is -0.750. The molecule has 0 aliphatic heterocycles. The first-order valence-corrected chi connectivity index (χ1v) is 9.58. The number of nitrogens with zero attached hydrogens (tertiary/aromatic N) is 1. The van der Waals surface area contributed by atoms with E-state index in [0.29, 0.717) is 4.88 Å². The molecular weight excluding hydrogens is 350 g/mol. The third-order valence-electron chi connectivity index (χ3n) is 3.10. The van der Waals surface area contributed by atoms with E-state index in [0.717, 1.165) is 21.9 Å². The molecule has 3 heterocycles. The molecule has 0 aromatic carbocycles. The molecule has 7 heteroatoms. The highest BCUT2D eigenvalue weighted by atomic mass is 32.1. The summed E-state index contributed by atoms with van der Waals surface area (Å²) in [7, 11) is 0. The lowest BCUT2D eigenvalue weighted by atomic mass is 10.3. The lowest BCUT2D eigenvalue weighted by Crippen LogP contribution is -2.13. The number of aromatic nitrogens is 1. The van der Waals surface area contributed by atoms with Gasteiger partial charge in [0.25, 0.3) is 0 Å². The molecule has 4 nitrogen and oxygen atoms in total. The maximum absolute atomic E-state index is 12.0. The van der Waals surface area contributed by atoms with Crippen LogP contribution in [0.15, 0.2) is 34.3 Å². The van der Waals surface area contributed by atoms with Gasteiger partial charge in [0.2, 0.25) is 5.78 Å². The standard InChI is InChI=1S/C16H13NO3S3/c1-2-11-3-4-14(23-11)13(18)7-20-16(19)12-9-22-15(17-12)10-5-6-21-8-10/h3-6,8-9H,2,7H2,1H3. The van der Waals surface area contributed by atoms with Crippen LogP contribution >= 0.6 is 34.0 Å². The largest absolute Gasteiger partial charge is 0.453 e. The number of thiophene rings is 2. The van der Waals surface area contributed by atoms with Crippen molar-refractivity contribution in [2.24, 2.45) is 0 Å². The van der Waals surface area contributed by atoms with Gasteiger partial charge in [-0.05, 0) is 30.0 Å². The molecule has 0 amide bonds. The number of Topliss-reactive ketones (excluding diaryl/α,β-unsaturated/α-hetero) is 1. The van der Waals surface area contributed by atoms with Crippen LogP contribution in [0.3, 0.4) is 0 Å². The number of carbonyl (C=O) groups is 2. The van der Waals surface area contributed by atoms with Crippen molar-refractivity contribution in [1.82, 2.24) is 4.98 Å². The number of carbonyl (C=O) groups excluding carboxylic acids is 2. The summed E-state index contributed by atoms with van der Waals surface area (Å²) in [5.41, 5.74) is 1.23. The zero-order valence-corrected chi connectivity index (χ0v) is 14.7. The van der Waals surface area contributed by atoms with E-state index in [1.54, 1.807) is 22.8 Å². The highest BCUT2D eigenvalue weighted by Gasteiger charge is 2.16. The predicted octanol–water partition coefficient (Wildman–Crippen LogP) is 4.54. The molecule has 0 atom stereocenters. The Hall–Kier alpha value is -1.83. The number of aryl methyl sites for hydroxylation is 1. The second-order valence-corrected chi connectivity index (χ2v) is 7.48. The molecule has 0 spiro atoms. The maximum atomic E-state index is 12.0. The van der Waals surface area contributed by atoms with Crippen molar-refractivity contribution < 1.29 is 14.3 Å². The summed E-state index contributed by atoms with van der Waals surface area (Å²) >= 11 is 4.40. The quantitative estimate of drug-likeness (QED) is 0.477. The van der Waals surface area contributed by atoms with E-state index in [2.05, 4.69) is 4.98 Å². The molecular formula is C16H13NO3S3. The van der Waals surface area contributed by atoms with Crippen LogP contribution in [-0.2, 0) is 11.2 Å². The van der Waals surface area contributed by atoms with Crippen molar-refractivity contribution in [3.05, 3.63) is 49.8 Å². The summed E-state index contributed by atoms with van der Waals surface area (Å²) in [6.45, 7) is 1.78.